The molecule has 0 spiro atoms. The maximum absolute atomic E-state index is 12.3. The Morgan fingerprint density at radius 2 is 1.78 bits per heavy atom. The van der Waals surface area contributed by atoms with E-state index in [0.29, 0.717) is 0 Å². The fraction of sp³-hybridized carbons (Fsp3) is 0.250. The standard InChI is InChI=1S/C16H18NO/c1-2-3-11-17-12-7-10-15(13-17)16(18)14-8-5-4-6-9-14/h4-10,12-13H,2-3,11H2,1H3/q+1. The third-order valence-corrected chi connectivity index (χ3v) is 2.93. The van der Waals surface area contributed by atoms with E-state index in [4.69, 9.17) is 0 Å². The van der Waals surface area contributed by atoms with Crippen LogP contribution >= 0.6 is 0 Å². The van der Waals surface area contributed by atoms with Crippen LogP contribution in [0, 0.1) is 0 Å². The molecule has 0 aliphatic rings. The molecule has 0 radical (unpaired) electrons. The molecule has 1 aromatic heterocycles. The minimum absolute atomic E-state index is 0.0847. The largest absolute Gasteiger partial charge is 0.288 e. The molecule has 0 bridgehead atoms. The van der Waals surface area contributed by atoms with Crippen molar-refractivity contribution in [3.8, 4) is 0 Å². The first-order valence-electron chi connectivity index (χ1n) is 6.40. The Morgan fingerprint density at radius 1 is 1.06 bits per heavy atom. The van der Waals surface area contributed by atoms with Crippen LogP contribution in [0.15, 0.2) is 54.9 Å². The molecule has 0 saturated carbocycles. The van der Waals surface area contributed by atoms with Crippen molar-refractivity contribution in [2.75, 3.05) is 0 Å². The van der Waals surface area contributed by atoms with Crippen molar-refractivity contribution in [2.24, 2.45) is 0 Å². The Bertz CT molecular complexity index is 520. The maximum Gasteiger partial charge on any atom is 0.199 e. The number of hydrogen-bond acceptors (Lipinski definition) is 1. The molecule has 0 aliphatic heterocycles. The van der Waals surface area contributed by atoms with E-state index in [1.807, 2.05) is 54.9 Å². The van der Waals surface area contributed by atoms with Crippen LogP contribution in [0.2, 0.25) is 0 Å². The first kappa shape index (κ1) is 12.5. The van der Waals surface area contributed by atoms with E-state index >= 15 is 0 Å². The number of aryl methyl sites for hydroxylation is 1. The van der Waals surface area contributed by atoms with Gasteiger partial charge in [-0.05, 0) is 6.07 Å². The minimum Gasteiger partial charge on any atom is -0.288 e. The van der Waals surface area contributed by atoms with Crippen LogP contribution in [0.1, 0.15) is 35.7 Å². The molecule has 2 rings (SSSR count). The number of benzene rings is 1. The molecule has 2 aromatic rings. The summed E-state index contributed by atoms with van der Waals surface area (Å²) < 4.78 is 2.08. The number of unbranched alkanes of at least 4 members (excludes halogenated alkanes) is 1. The predicted octanol–water partition coefficient (Wildman–Crippen LogP) is 3.01. The smallest absolute Gasteiger partial charge is 0.199 e. The number of ketones is 1. The first-order valence-corrected chi connectivity index (χ1v) is 6.40. The number of carbonyl (C=O) groups excluding carboxylic acids is 1. The quantitative estimate of drug-likeness (QED) is 0.581. The Morgan fingerprint density at radius 3 is 2.50 bits per heavy atom. The molecule has 2 heteroatoms. The molecule has 0 fully saturated rings. The Hall–Kier alpha value is -1.96. The van der Waals surface area contributed by atoms with Gasteiger partial charge in [0.2, 0.25) is 0 Å². The van der Waals surface area contributed by atoms with Crippen LogP contribution in [0.5, 0.6) is 0 Å². The summed E-state index contributed by atoms with van der Waals surface area (Å²) in [7, 11) is 0. The number of pyridine rings is 1. The van der Waals surface area contributed by atoms with Gasteiger partial charge in [0, 0.05) is 18.1 Å². The molecular formula is C16H18NO+. The molecule has 0 N–H and O–H groups in total. The molecule has 92 valence electrons. The molecular weight excluding hydrogens is 222 g/mol. The molecule has 0 unspecified atom stereocenters. The second kappa shape index (κ2) is 6.10. The van der Waals surface area contributed by atoms with E-state index in [1.165, 1.54) is 0 Å². The van der Waals surface area contributed by atoms with Crippen molar-refractivity contribution in [1.29, 1.82) is 0 Å². The van der Waals surface area contributed by atoms with Crippen LogP contribution in [-0.2, 0) is 6.54 Å². The van der Waals surface area contributed by atoms with E-state index in [0.717, 1.165) is 30.5 Å². The zero-order valence-electron chi connectivity index (χ0n) is 10.7. The molecule has 18 heavy (non-hydrogen) atoms. The van der Waals surface area contributed by atoms with E-state index in [1.54, 1.807) is 0 Å². The highest BCUT2D eigenvalue weighted by atomic mass is 16.1. The van der Waals surface area contributed by atoms with Crippen LogP contribution in [0.25, 0.3) is 0 Å². The lowest BCUT2D eigenvalue weighted by Crippen LogP contribution is -2.33. The number of aromatic nitrogens is 1. The molecule has 1 heterocycles. The summed E-state index contributed by atoms with van der Waals surface area (Å²) in [4.78, 5) is 12.3. The first-order chi connectivity index (χ1) is 8.81. The lowest BCUT2D eigenvalue weighted by atomic mass is 10.1. The third-order valence-electron chi connectivity index (χ3n) is 2.93. The van der Waals surface area contributed by atoms with E-state index < -0.39 is 0 Å². The molecule has 0 aliphatic carbocycles. The Kier molecular flexibility index (Phi) is 4.24. The van der Waals surface area contributed by atoms with Crippen molar-refractivity contribution >= 4 is 5.78 Å². The summed E-state index contributed by atoms with van der Waals surface area (Å²) in [6.45, 7) is 3.13. The van der Waals surface area contributed by atoms with E-state index in [-0.39, 0.29) is 5.78 Å². The minimum atomic E-state index is 0.0847. The van der Waals surface area contributed by atoms with Gasteiger partial charge in [0.1, 0.15) is 6.54 Å². The highest BCUT2D eigenvalue weighted by Gasteiger charge is 2.12. The van der Waals surface area contributed by atoms with Gasteiger partial charge >= 0.3 is 0 Å². The normalized spacial score (nSPS) is 10.3. The second-order valence-corrected chi connectivity index (χ2v) is 4.38. The van der Waals surface area contributed by atoms with Gasteiger partial charge in [-0.3, -0.25) is 4.79 Å². The monoisotopic (exact) mass is 240 g/mol. The zero-order chi connectivity index (χ0) is 12.8. The summed E-state index contributed by atoms with van der Waals surface area (Å²) in [5.74, 6) is 0.0847. The number of nitrogens with zero attached hydrogens (tertiary/aromatic N) is 1. The predicted molar refractivity (Wildman–Crippen MR) is 71.4 cm³/mol. The summed E-state index contributed by atoms with van der Waals surface area (Å²) >= 11 is 0. The summed E-state index contributed by atoms with van der Waals surface area (Å²) in [6.07, 6.45) is 6.24. The fourth-order valence-corrected chi connectivity index (χ4v) is 1.89. The average Bonchev–Trinajstić information content (AvgIpc) is 2.45. The van der Waals surface area contributed by atoms with Crippen LogP contribution in [0.4, 0.5) is 0 Å². The van der Waals surface area contributed by atoms with Crippen molar-refractivity contribution < 1.29 is 9.36 Å². The zero-order valence-corrected chi connectivity index (χ0v) is 10.7. The molecule has 0 saturated heterocycles. The van der Waals surface area contributed by atoms with Gasteiger partial charge in [-0.1, -0.05) is 43.7 Å². The molecule has 2 nitrogen and oxygen atoms in total. The van der Waals surface area contributed by atoms with E-state index in [9.17, 15) is 4.79 Å². The molecule has 0 amide bonds. The van der Waals surface area contributed by atoms with Gasteiger partial charge in [-0.2, -0.15) is 0 Å². The fourth-order valence-electron chi connectivity index (χ4n) is 1.89. The topological polar surface area (TPSA) is 20.9 Å². The maximum atomic E-state index is 12.3. The Labute approximate surface area is 108 Å². The SMILES string of the molecule is CCCC[n+]1cccc(C(=O)c2ccccc2)c1. The van der Waals surface area contributed by atoms with Gasteiger partial charge < -0.3 is 0 Å². The van der Waals surface area contributed by atoms with Gasteiger partial charge in [0.25, 0.3) is 0 Å². The highest BCUT2D eigenvalue weighted by molar-refractivity contribution is 6.08. The van der Waals surface area contributed by atoms with Crippen molar-refractivity contribution in [3.63, 3.8) is 0 Å². The summed E-state index contributed by atoms with van der Waals surface area (Å²) in [5.41, 5.74) is 1.49. The van der Waals surface area contributed by atoms with Crippen molar-refractivity contribution in [3.05, 3.63) is 66.0 Å². The van der Waals surface area contributed by atoms with Gasteiger partial charge in [0.05, 0.1) is 5.56 Å². The van der Waals surface area contributed by atoms with Crippen molar-refractivity contribution in [1.82, 2.24) is 0 Å². The Balaban J connectivity index is 2.20. The van der Waals surface area contributed by atoms with E-state index in [2.05, 4.69) is 11.5 Å². The molecule has 1 aromatic carbocycles. The summed E-state index contributed by atoms with van der Waals surface area (Å²) in [5, 5.41) is 0. The lowest BCUT2D eigenvalue weighted by Gasteiger charge is -2.00. The third kappa shape index (κ3) is 3.04. The van der Waals surface area contributed by atoms with Gasteiger partial charge in [-0.15, -0.1) is 0 Å². The average molecular weight is 240 g/mol. The number of hydrogen-bond donors (Lipinski definition) is 0. The van der Waals surface area contributed by atoms with Crippen LogP contribution < -0.4 is 4.57 Å². The number of rotatable bonds is 5. The highest BCUT2D eigenvalue weighted by Crippen LogP contribution is 2.07. The van der Waals surface area contributed by atoms with Crippen LogP contribution in [0.3, 0.4) is 0 Å². The molecule has 0 atom stereocenters. The van der Waals surface area contributed by atoms with Crippen LogP contribution in [-0.4, -0.2) is 5.78 Å². The van der Waals surface area contributed by atoms with Crippen molar-refractivity contribution in [2.45, 2.75) is 26.3 Å². The summed E-state index contributed by atoms with van der Waals surface area (Å²) in [6, 6.07) is 13.2. The second-order valence-electron chi connectivity index (χ2n) is 4.38. The number of carbonyl (C=O) groups is 1. The lowest BCUT2D eigenvalue weighted by molar-refractivity contribution is -0.697. The van der Waals surface area contributed by atoms with Gasteiger partial charge in [-0.25, -0.2) is 4.57 Å². The van der Waals surface area contributed by atoms with Gasteiger partial charge in [0.15, 0.2) is 18.2 Å².